The largest absolute Gasteiger partial charge is 0.396 e. The summed E-state index contributed by atoms with van der Waals surface area (Å²) >= 11 is 0. The third kappa shape index (κ3) is 2.94. The summed E-state index contributed by atoms with van der Waals surface area (Å²) < 4.78 is 26.5. The second-order valence-electron chi connectivity index (χ2n) is 4.68. The van der Waals surface area contributed by atoms with E-state index >= 15 is 0 Å². The van der Waals surface area contributed by atoms with Gasteiger partial charge in [-0.25, -0.2) is 8.42 Å². The summed E-state index contributed by atoms with van der Waals surface area (Å²) in [5, 5.41) is 9.08. The lowest BCUT2D eigenvalue weighted by Crippen LogP contribution is -2.39. The highest BCUT2D eigenvalue weighted by atomic mass is 32.2. The normalized spacial score (nSPS) is 18.6. The molecule has 0 spiro atoms. The topological polar surface area (TPSA) is 96.5 Å². The molecule has 2 heterocycles. The van der Waals surface area contributed by atoms with Gasteiger partial charge in [0.2, 0.25) is 10.0 Å². The van der Waals surface area contributed by atoms with Crippen LogP contribution in [0.1, 0.15) is 18.5 Å². The van der Waals surface area contributed by atoms with Gasteiger partial charge in [-0.05, 0) is 30.9 Å². The fraction of sp³-hybridized carbons (Fsp3) is 0.583. The van der Waals surface area contributed by atoms with E-state index in [0.717, 1.165) is 0 Å². The zero-order valence-electron chi connectivity index (χ0n) is 10.7. The van der Waals surface area contributed by atoms with E-state index in [9.17, 15) is 8.42 Å². The average molecular weight is 285 g/mol. The van der Waals surface area contributed by atoms with Crippen molar-refractivity contribution < 1.29 is 13.5 Å². The molecule has 0 radical (unpaired) electrons. The van der Waals surface area contributed by atoms with Gasteiger partial charge in [-0.2, -0.15) is 4.31 Å². The van der Waals surface area contributed by atoms with Crippen molar-refractivity contribution in [2.24, 2.45) is 11.7 Å². The predicted octanol–water partition coefficient (Wildman–Crippen LogP) is -0.0667. The molecular formula is C12H19N3O3S. The van der Waals surface area contributed by atoms with Crippen molar-refractivity contribution in [3.63, 3.8) is 0 Å². The number of piperidine rings is 1. The number of aromatic nitrogens is 1. The lowest BCUT2D eigenvalue weighted by Gasteiger charge is -2.30. The van der Waals surface area contributed by atoms with Gasteiger partial charge in [0.1, 0.15) is 4.90 Å². The Morgan fingerprint density at radius 2 is 2.11 bits per heavy atom. The van der Waals surface area contributed by atoms with Crippen LogP contribution in [0.2, 0.25) is 0 Å². The predicted molar refractivity (Wildman–Crippen MR) is 70.7 cm³/mol. The summed E-state index contributed by atoms with van der Waals surface area (Å²) in [6.45, 7) is 1.09. The van der Waals surface area contributed by atoms with Crippen molar-refractivity contribution in [3.8, 4) is 0 Å². The Bertz CT molecular complexity index is 525. The molecule has 1 aromatic rings. The molecule has 6 nitrogen and oxygen atoms in total. The molecule has 7 heteroatoms. The molecule has 1 aromatic heterocycles. The minimum absolute atomic E-state index is 0.0997. The average Bonchev–Trinajstić information content (AvgIpc) is 2.47. The number of hydrogen-bond acceptors (Lipinski definition) is 5. The molecule has 0 aromatic carbocycles. The van der Waals surface area contributed by atoms with Gasteiger partial charge in [0.15, 0.2) is 0 Å². The number of rotatable bonds is 4. The highest BCUT2D eigenvalue weighted by molar-refractivity contribution is 7.89. The molecular weight excluding hydrogens is 266 g/mol. The lowest BCUT2D eigenvalue weighted by atomic mass is 10.00. The van der Waals surface area contributed by atoms with Crippen molar-refractivity contribution in [2.75, 3.05) is 19.7 Å². The highest BCUT2D eigenvalue weighted by Crippen LogP contribution is 2.24. The number of sulfonamides is 1. The van der Waals surface area contributed by atoms with Crippen molar-refractivity contribution >= 4 is 10.0 Å². The standard InChI is InChI=1S/C12H19N3O3S/c13-8-11-12(2-1-5-14-11)19(17,18)15-6-3-10(9-16)4-7-15/h1-2,5,10,16H,3-4,6-9,13H2. The first-order valence-electron chi connectivity index (χ1n) is 6.34. The van der Waals surface area contributed by atoms with Crippen LogP contribution in [0.25, 0.3) is 0 Å². The van der Waals surface area contributed by atoms with E-state index in [-0.39, 0.29) is 24.0 Å². The minimum Gasteiger partial charge on any atom is -0.396 e. The Morgan fingerprint density at radius 3 is 2.68 bits per heavy atom. The second-order valence-corrected chi connectivity index (χ2v) is 6.59. The van der Waals surface area contributed by atoms with E-state index in [4.69, 9.17) is 10.8 Å². The van der Waals surface area contributed by atoms with Crippen LogP contribution in [0.3, 0.4) is 0 Å². The van der Waals surface area contributed by atoms with E-state index in [0.29, 0.717) is 31.6 Å². The second kappa shape index (κ2) is 5.96. The number of aliphatic hydroxyl groups excluding tert-OH is 1. The molecule has 19 heavy (non-hydrogen) atoms. The van der Waals surface area contributed by atoms with Crippen LogP contribution in [0.4, 0.5) is 0 Å². The number of hydrogen-bond donors (Lipinski definition) is 2. The van der Waals surface area contributed by atoms with E-state index in [1.165, 1.54) is 4.31 Å². The van der Waals surface area contributed by atoms with Crippen molar-refractivity contribution in [1.82, 2.24) is 9.29 Å². The third-order valence-corrected chi connectivity index (χ3v) is 5.46. The number of nitrogens with zero attached hydrogens (tertiary/aromatic N) is 2. The first kappa shape index (κ1) is 14.4. The molecule has 3 N–H and O–H groups in total. The van der Waals surface area contributed by atoms with Crippen LogP contribution in [0.5, 0.6) is 0 Å². The highest BCUT2D eigenvalue weighted by Gasteiger charge is 2.30. The monoisotopic (exact) mass is 285 g/mol. The molecule has 1 saturated heterocycles. The lowest BCUT2D eigenvalue weighted by molar-refractivity contribution is 0.170. The first-order chi connectivity index (χ1) is 9.09. The van der Waals surface area contributed by atoms with Gasteiger partial charge in [-0.1, -0.05) is 0 Å². The molecule has 0 amide bonds. The maximum absolute atomic E-state index is 12.5. The maximum Gasteiger partial charge on any atom is 0.244 e. The van der Waals surface area contributed by atoms with Crippen LogP contribution in [0.15, 0.2) is 23.2 Å². The molecule has 0 bridgehead atoms. The molecule has 0 atom stereocenters. The molecule has 106 valence electrons. The summed E-state index contributed by atoms with van der Waals surface area (Å²) in [5.41, 5.74) is 5.94. The Balaban J connectivity index is 2.23. The smallest absolute Gasteiger partial charge is 0.244 e. The zero-order chi connectivity index (χ0) is 13.9. The molecule has 0 aliphatic carbocycles. The quantitative estimate of drug-likeness (QED) is 0.807. The number of nitrogens with two attached hydrogens (primary N) is 1. The Hall–Kier alpha value is -1.02. The fourth-order valence-electron chi connectivity index (χ4n) is 2.28. The number of aliphatic hydroxyl groups is 1. The van der Waals surface area contributed by atoms with Crippen LogP contribution in [-0.2, 0) is 16.6 Å². The van der Waals surface area contributed by atoms with Crippen molar-refractivity contribution in [3.05, 3.63) is 24.0 Å². The van der Waals surface area contributed by atoms with E-state index < -0.39 is 10.0 Å². The first-order valence-corrected chi connectivity index (χ1v) is 7.78. The van der Waals surface area contributed by atoms with Gasteiger partial charge in [-0.15, -0.1) is 0 Å². The van der Waals surface area contributed by atoms with Crippen LogP contribution >= 0.6 is 0 Å². The molecule has 0 unspecified atom stereocenters. The van der Waals surface area contributed by atoms with Gasteiger partial charge < -0.3 is 10.8 Å². The van der Waals surface area contributed by atoms with E-state index in [1.807, 2.05) is 0 Å². The van der Waals surface area contributed by atoms with Gasteiger partial charge >= 0.3 is 0 Å². The maximum atomic E-state index is 12.5. The SMILES string of the molecule is NCc1ncccc1S(=O)(=O)N1CCC(CO)CC1. The van der Waals surface area contributed by atoms with Gasteiger partial charge in [0, 0.05) is 32.4 Å². The van der Waals surface area contributed by atoms with Gasteiger partial charge in [0.25, 0.3) is 0 Å². The Kier molecular flexibility index (Phi) is 4.51. The van der Waals surface area contributed by atoms with Crippen LogP contribution < -0.4 is 5.73 Å². The molecule has 1 aliphatic heterocycles. The van der Waals surface area contributed by atoms with Crippen LogP contribution in [-0.4, -0.2) is 42.5 Å². The van der Waals surface area contributed by atoms with Crippen molar-refractivity contribution in [2.45, 2.75) is 24.3 Å². The summed E-state index contributed by atoms with van der Waals surface area (Å²) in [7, 11) is -3.53. The zero-order valence-corrected chi connectivity index (χ0v) is 11.5. The molecule has 0 saturated carbocycles. The van der Waals surface area contributed by atoms with E-state index in [1.54, 1.807) is 18.3 Å². The molecule has 2 rings (SSSR count). The Morgan fingerprint density at radius 1 is 1.42 bits per heavy atom. The summed E-state index contributed by atoms with van der Waals surface area (Å²) in [5.74, 6) is 0.203. The minimum atomic E-state index is -3.53. The summed E-state index contributed by atoms with van der Waals surface area (Å²) in [6.07, 6.45) is 2.92. The van der Waals surface area contributed by atoms with Gasteiger partial charge in [-0.3, -0.25) is 4.98 Å². The third-order valence-electron chi connectivity index (χ3n) is 3.49. The van der Waals surface area contributed by atoms with E-state index in [2.05, 4.69) is 4.98 Å². The number of pyridine rings is 1. The summed E-state index contributed by atoms with van der Waals surface area (Å²) in [6, 6.07) is 3.15. The summed E-state index contributed by atoms with van der Waals surface area (Å²) in [4.78, 5) is 4.21. The van der Waals surface area contributed by atoms with Crippen LogP contribution in [0, 0.1) is 5.92 Å². The molecule has 1 aliphatic rings. The molecule has 1 fully saturated rings. The van der Waals surface area contributed by atoms with Crippen molar-refractivity contribution in [1.29, 1.82) is 0 Å². The van der Waals surface area contributed by atoms with Gasteiger partial charge in [0.05, 0.1) is 5.69 Å². The fourth-order valence-corrected chi connectivity index (χ4v) is 3.94. The Labute approximate surface area is 113 Å².